The van der Waals surface area contributed by atoms with Crippen LogP contribution in [-0.4, -0.2) is 22.5 Å². The third-order valence-corrected chi connectivity index (χ3v) is 2.33. The van der Waals surface area contributed by atoms with Crippen molar-refractivity contribution in [3.8, 4) is 17.1 Å². The summed E-state index contributed by atoms with van der Waals surface area (Å²) in [6.07, 6.45) is 1.65. The van der Waals surface area contributed by atoms with Crippen molar-refractivity contribution in [1.82, 2.24) is 9.97 Å². The summed E-state index contributed by atoms with van der Waals surface area (Å²) in [5.74, 6) is -0.0622. The lowest BCUT2D eigenvalue weighted by Crippen LogP contribution is -2.13. The third kappa shape index (κ3) is 2.45. The molecule has 0 aliphatic carbocycles. The van der Waals surface area contributed by atoms with E-state index in [1.54, 1.807) is 30.5 Å². The first-order chi connectivity index (χ1) is 8.72. The Morgan fingerprint density at radius 2 is 2.17 bits per heavy atom. The van der Waals surface area contributed by atoms with Crippen LogP contribution in [0.1, 0.15) is 17.4 Å². The molecule has 0 aliphatic heterocycles. The Hall–Kier alpha value is -2.43. The lowest BCUT2D eigenvalue weighted by atomic mass is 10.1. The fourth-order valence-electron chi connectivity index (χ4n) is 1.56. The van der Waals surface area contributed by atoms with Crippen LogP contribution in [0, 0.1) is 0 Å². The molecule has 5 nitrogen and oxygen atoms in total. The van der Waals surface area contributed by atoms with Crippen LogP contribution in [0.5, 0.6) is 5.88 Å². The maximum Gasteiger partial charge on any atom is 0.267 e. The van der Waals surface area contributed by atoms with Gasteiger partial charge in [-0.3, -0.25) is 4.79 Å². The quantitative estimate of drug-likeness (QED) is 0.885. The molecule has 1 amide bonds. The molecule has 0 saturated carbocycles. The van der Waals surface area contributed by atoms with Gasteiger partial charge in [-0.1, -0.05) is 6.07 Å². The number of primary amides is 1. The van der Waals surface area contributed by atoms with Crippen molar-refractivity contribution in [1.29, 1.82) is 0 Å². The average molecular weight is 243 g/mol. The van der Waals surface area contributed by atoms with Crippen LogP contribution in [0.25, 0.3) is 11.3 Å². The van der Waals surface area contributed by atoms with Crippen molar-refractivity contribution in [2.75, 3.05) is 6.61 Å². The molecule has 0 unspecified atom stereocenters. The van der Waals surface area contributed by atoms with Crippen LogP contribution in [0.2, 0.25) is 0 Å². The van der Waals surface area contributed by atoms with E-state index in [-0.39, 0.29) is 5.69 Å². The number of nitrogens with two attached hydrogens (primary N) is 1. The van der Waals surface area contributed by atoms with Crippen LogP contribution in [0.4, 0.5) is 0 Å². The second-order valence-corrected chi connectivity index (χ2v) is 3.56. The van der Waals surface area contributed by atoms with Gasteiger partial charge in [-0.05, 0) is 31.2 Å². The number of carbonyl (C=O) groups excluding carboxylic acids is 1. The normalized spacial score (nSPS) is 10.1. The standard InChI is InChI=1S/C13H13N3O2/c1-2-18-13-9(5-4-8-15-13)10-6-3-7-11(16-10)12(14)17/h3-8H,2H2,1H3,(H2,14,17). The molecule has 18 heavy (non-hydrogen) atoms. The summed E-state index contributed by atoms with van der Waals surface area (Å²) in [6, 6.07) is 8.71. The number of pyridine rings is 2. The SMILES string of the molecule is CCOc1ncccc1-c1cccc(C(N)=O)n1. The van der Waals surface area contributed by atoms with Gasteiger partial charge in [0.05, 0.1) is 17.9 Å². The van der Waals surface area contributed by atoms with Crippen LogP contribution >= 0.6 is 0 Å². The van der Waals surface area contributed by atoms with Crippen molar-refractivity contribution in [3.63, 3.8) is 0 Å². The molecule has 0 bridgehead atoms. The number of ether oxygens (including phenoxy) is 1. The lowest BCUT2D eigenvalue weighted by molar-refractivity contribution is 0.0995. The number of nitrogens with zero attached hydrogens (tertiary/aromatic N) is 2. The molecule has 2 N–H and O–H groups in total. The van der Waals surface area contributed by atoms with E-state index >= 15 is 0 Å². The van der Waals surface area contributed by atoms with Crippen LogP contribution < -0.4 is 10.5 Å². The van der Waals surface area contributed by atoms with Gasteiger partial charge in [0.25, 0.3) is 5.91 Å². The topological polar surface area (TPSA) is 78.1 Å². The monoisotopic (exact) mass is 243 g/mol. The summed E-state index contributed by atoms with van der Waals surface area (Å²) >= 11 is 0. The molecule has 92 valence electrons. The Morgan fingerprint density at radius 1 is 1.33 bits per heavy atom. The largest absolute Gasteiger partial charge is 0.477 e. The van der Waals surface area contributed by atoms with E-state index in [9.17, 15) is 4.79 Å². The van der Waals surface area contributed by atoms with Crippen molar-refractivity contribution in [2.45, 2.75) is 6.92 Å². The third-order valence-electron chi connectivity index (χ3n) is 2.33. The summed E-state index contributed by atoms with van der Waals surface area (Å²) in [5.41, 5.74) is 6.78. The summed E-state index contributed by atoms with van der Waals surface area (Å²) in [6.45, 7) is 2.39. The summed E-state index contributed by atoms with van der Waals surface area (Å²) in [5, 5.41) is 0. The maximum absolute atomic E-state index is 11.1. The molecular formula is C13H13N3O2. The molecule has 2 heterocycles. The Balaban J connectivity index is 2.48. The number of hydrogen-bond acceptors (Lipinski definition) is 4. The molecule has 2 rings (SSSR count). The molecule has 2 aromatic heterocycles. The van der Waals surface area contributed by atoms with E-state index in [1.165, 1.54) is 0 Å². The summed E-state index contributed by atoms with van der Waals surface area (Å²) in [4.78, 5) is 19.4. The molecule has 0 fully saturated rings. The molecule has 0 atom stereocenters. The molecule has 2 aromatic rings. The zero-order chi connectivity index (χ0) is 13.0. The predicted octanol–water partition coefficient (Wildman–Crippen LogP) is 1.64. The Morgan fingerprint density at radius 3 is 2.89 bits per heavy atom. The second-order valence-electron chi connectivity index (χ2n) is 3.56. The summed E-state index contributed by atoms with van der Waals surface area (Å²) in [7, 11) is 0. The molecular weight excluding hydrogens is 230 g/mol. The molecule has 5 heteroatoms. The zero-order valence-electron chi connectivity index (χ0n) is 9.96. The molecule has 0 aromatic carbocycles. The number of amides is 1. The average Bonchev–Trinajstić information content (AvgIpc) is 2.40. The van der Waals surface area contributed by atoms with Gasteiger partial charge in [0.2, 0.25) is 5.88 Å². The highest BCUT2D eigenvalue weighted by Gasteiger charge is 2.10. The zero-order valence-corrected chi connectivity index (χ0v) is 9.96. The van der Waals surface area contributed by atoms with Gasteiger partial charge in [-0.15, -0.1) is 0 Å². The Labute approximate surface area is 105 Å². The van der Waals surface area contributed by atoms with E-state index in [1.807, 2.05) is 13.0 Å². The van der Waals surface area contributed by atoms with Gasteiger partial charge in [-0.2, -0.15) is 0 Å². The fourth-order valence-corrected chi connectivity index (χ4v) is 1.56. The van der Waals surface area contributed by atoms with Crippen LogP contribution in [0.15, 0.2) is 36.5 Å². The Kier molecular flexibility index (Phi) is 3.52. The van der Waals surface area contributed by atoms with Crippen molar-refractivity contribution in [3.05, 3.63) is 42.2 Å². The highest BCUT2D eigenvalue weighted by molar-refractivity contribution is 5.91. The number of carbonyl (C=O) groups is 1. The van der Waals surface area contributed by atoms with E-state index in [2.05, 4.69) is 9.97 Å². The highest BCUT2D eigenvalue weighted by Crippen LogP contribution is 2.26. The number of hydrogen-bond donors (Lipinski definition) is 1. The van der Waals surface area contributed by atoms with E-state index in [4.69, 9.17) is 10.5 Å². The summed E-state index contributed by atoms with van der Waals surface area (Å²) < 4.78 is 5.42. The van der Waals surface area contributed by atoms with Gasteiger partial charge in [0.15, 0.2) is 0 Å². The minimum atomic E-state index is -0.557. The molecule has 0 saturated heterocycles. The second kappa shape index (κ2) is 5.27. The van der Waals surface area contributed by atoms with E-state index in [0.29, 0.717) is 18.2 Å². The Bertz CT molecular complexity index is 570. The first kappa shape index (κ1) is 12.0. The first-order valence-electron chi connectivity index (χ1n) is 5.57. The molecule has 0 radical (unpaired) electrons. The van der Waals surface area contributed by atoms with Crippen molar-refractivity contribution >= 4 is 5.91 Å². The predicted molar refractivity (Wildman–Crippen MR) is 67.2 cm³/mol. The number of rotatable bonds is 4. The van der Waals surface area contributed by atoms with Gasteiger partial charge in [0.1, 0.15) is 5.69 Å². The number of aromatic nitrogens is 2. The minimum absolute atomic E-state index is 0.221. The molecule has 0 aliphatic rings. The maximum atomic E-state index is 11.1. The highest BCUT2D eigenvalue weighted by atomic mass is 16.5. The van der Waals surface area contributed by atoms with Crippen molar-refractivity contribution in [2.24, 2.45) is 5.73 Å². The van der Waals surface area contributed by atoms with Gasteiger partial charge >= 0.3 is 0 Å². The van der Waals surface area contributed by atoms with Gasteiger partial charge in [-0.25, -0.2) is 9.97 Å². The smallest absolute Gasteiger partial charge is 0.267 e. The minimum Gasteiger partial charge on any atom is -0.477 e. The van der Waals surface area contributed by atoms with Gasteiger partial charge in [0, 0.05) is 6.20 Å². The van der Waals surface area contributed by atoms with E-state index in [0.717, 1.165) is 5.56 Å². The van der Waals surface area contributed by atoms with Crippen LogP contribution in [-0.2, 0) is 0 Å². The van der Waals surface area contributed by atoms with Gasteiger partial charge < -0.3 is 10.5 Å². The van der Waals surface area contributed by atoms with Crippen molar-refractivity contribution < 1.29 is 9.53 Å². The molecule has 0 spiro atoms. The fraction of sp³-hybridized carbons (Fsp3) is 0.154. The first-order valence-corrected chi connectivity index (χ1v) is 5.57. The van der Waals surface area contributed by atoms with Crippen LogP contribution in [0.3, 0.4) is 0 Å². The van der Waals surface area contributed by atoms with E-state index < -0.39 is 5.91 Å². The lowest BCUT2D eigenvalue weighted by Gasteiger charge is -2.08.